The lowest BCUT2D eigenvalue weighted by molar-refractivity contribution is -0.149. The van der Waals surface area contributed by atoms with Gasteiger partial charge in [-0.05, 0) is 67.8 Å². The summed E-state index contributed by atoms with van der Waals surface area (Å²) in [5.41, 5.74) is 1.76. The summed E-state index contributed by atoms with van der Waals surface area (Å²) in [5.74, 6) is -1.24. The Morgan fingerprint density at radius 2 is 1.57 bits per heavy atom. The van der Waals surface area contributed by atoms with Crippen LogP contribution in [0.25, 0.3) is 16.6 Å². The van der Waals surface area contributed by atoms with Gasteiger partial charge in [-0.2, -0.15) is 0 Å². The summed E-state index contributed by atoms with van der Waals surface area (Å²) >= 11 is 12.4. The van der Waals surface area contributed by atoms with Crippen molar-refractivity contribution in [2.75, 3.05) is 0 Å². The number of benzene rings is 3. The van der Waals surface area contributed by atoms with E-state index < -0.39 is 35.3 Å². The molecule has 3 aromatic carbocycles. The maximum absolute atomic E-state index is 13.4. The number of aromatic nitrogens is 2. The van der Waals surface area contributed by atoms with Gasteiger partial charge in [0.1, 0.15) is 6.04 Å². The Morgan fingerprint density at radius 3 is 2.17 bits per heavy atom. The number of carbonyl (C=O) groups is 2. The molecule has 0 saturated carbocycles. The Hall–Kier alpha value is -3.88. The summed E-state index contributed by atoms with van der Waals surface area (Å²) in [4.78, 5) is 52.4. The average Bonchev–Trinajstić information content (AvgIpc) is 2.91. The first-order valence-electron chi connectivity index (χ1n) is 12.8. The van der Waals surface area contributed by atoms with E-state index in [0.717, 1.165) is 16.6 Å². The van der Waals surface area contributed by atoms with Crippen LogP contribution in [0, 0.1) is 0 Å². The third-order valence-corrected chi connectivity index (χ3v) is 7.14. The maximum Gasteiger partial charge on any atom is 0.335 e. The van der Waals surface area contributed by atoms with Crippen molar-refractivity contribution in [1.29, 1.82) is 0 Å². The number of aryl methyl sites for hydroxylation is 2. The highest BCUT2D eigenvalue weighted by molar-refractivity contribution is 6.39. The van der Waals surface area contributed by atoms with Crippen LogP contribution in [0.2, 0.25) is 10.0 Å². The maximum atomic E-state index is 13.4. The summed E-state index contributed by atoms with van der Waals surface area (Å²) in [5, 5.41) is 3.43. The topological polar surface area (TPSA) is 99.4 Å². The fourth-order valence-corrected chi connectivity index (χ4v) is 4.99. The third-order valence-electron chi connectivity index (χ3n) is 6.51. The van der Waals surface area contributed by atoms with Crippen molar-refractivity contribution in [3.05, 3.63) is 108 Å². The summed E-state index contributed by atoms with van der Waals surface area (Å²) in [6.45, 7) is 5.42. The SMILES string of the molecule is CCc1ccc2c(c1)c(=O)n(-c1ccc(C[C@H](NC(=O)c3c(Cl)cccc3Cl)C(=O)OC(C)C)cc1)c(=O)n2C. The van der Waals surface area contributed by atoms with Crippen LogP contribution in [-0.2, 0) is 29.4 Å². The second-order valence-corrected chi connectivity index (χ2v) is 10.5. The van der Waals surface area contributed by atoms with Crippen molar-refractivity contribution in [1.82, 2.24) is 14.5 Å². The first-order chi connectivity index (χ1) is 19.0. The Bertz CT molecular complexity index is 1690. The lowest BCUT2D eigenvalue weighted by atomic mass is 10.0. The summed E-state index contributed by atoms with van der Waals surface area (Å²) in [7, 11) is 1.62. The molecule has 10 heteroatoms. The molecule has 1 aromatic heterocycles. The number of fused-ring (bicyclic) bond motifs is 1. The van der Waals surface area contributed by atoms with Crippen molar-refractivity contribution < 1.29 is 14.3 Å². The van der Waals surface area contributed by atoms with E-state index in [-0.39, 0.29) is 22.0 Å². The number of halogens is 2. The zero-order chi connectivity index (χ0) is 29.1. The third kappa shape index (κ3) is 5.98. The van der Waals surface area contributed by atoms with Crippen molar-refractivity contribution in [2.45, 2.75) is 45.8 Å². The standard InChI is InChI=1S/C30H29Cl2N3O5/c1-5-18-11-14-25-21(15-18)28(37)35(30(39)34(25)4)20-12-9-19(10-13-20)16-24(29(38)40-17(2)3)33-27(36)26-22(31)7-6-8-23(26)32/h6-15,17,24H,5,16H2,1-4H3,(H,33,36)/t24-/m0/s1. The predicted octanol–water partition coefficient (Wildman–Crippen LogP) is 4.85. The number of ether oxygens (including phenoxy) is 1. The molecule has 0 aliphatic rings. The van der Waals surface area contributed by atoms with Crippen LogP contribution in [0.5, 0.6) is 0 Å². The van der Waals surface area contributed by atoms with Gasteiger partial charge in [0, 0.05) is 13.5 Å². The largest absolute Gasteiger partial charge is 0.461 e. The lowest BCUT2D eigenvalue weighted by Crippen LogP contribution is -2.44. The van der Waals surface area contributed by atoms with Gasteiger partial charge < -0.3 is 10.1 Å². The van der Waals surface area contributed by atoms with Crippen molar-refractivity contribution in [2.24, 2.45) is 7.05 Å². The quantitative estimate of drug-likeness (QED) is 0.300. The van der Waals surface area contributed by atoms with Crippen LogP contribution < -0.4 is 16.6 Å². The average molecular weight is 582 g/mol. The Labute approximate surface area is 241 Å². The monoisotopic (exact) mass is 581 g/mol. The van der Waals surface area contributed by atoms with Crippen molar-refractivity contribution in [3.8, 4) is 5.69 Å². The Balaban J connectivity index is 1.66. The predicted molar refractivity (Wildman–Crippen MR) is 157 cm³/mol. The number of rotatable bonds is 8. The van der Waals surface area contributed by atoms with E-state index in [9.17, 15) is 19.2 Å². The van der Waals surface area contributed by atoms with E-state index in [2.05, 4.69) is 5.32 Å². The van der Waals surface area contributed by atoms with E-state index in [1.807, 2.05) is 13.0 Å². The van der Waals surface area contributed by atoms with Crippen LogP contribution in [0.4, 0.5) is 0 Å². The van der Waals surface area contributed by atoms with Crippen LogP contribution in [0.1, 0.15) is 42.3 Å². The highest BCUT2D eigenvalue weighted by atomic mass is 35.5. The minimum Gasteiger partial charge on any atom is -0.461 e. The molecule has 0 spiro atoms. The highest BCUT2D eigenvalue weighted by Gasteiger charge is 2.26. The summed E-state index contributed by atoms with van der Waals surface area (Å²) < 4.78 is 7.93. The van der Waals surface area contributed by atoms with Crippen molar-refractivity contribution >= 4 is 46.0 Å². The molecular formula is C30H29Cl2N3O5. The van der Waals surface area contributed by atoms with Gasteiger partial charge in [0.15, 0.2) is 0 Å². The minimum atomic E-state index is -1.04. The first-order valence-corrected chi connectivity index (χ1v) is 13.6. The molecule has 40 heavy (non-hydrogen) atoms. The molecule has 1 amide bonds. The molecule has 1 heterocycles. The van der Waals surface area contributed by atoms with E-state index in [4.69, 9.17) is 27.9 Å². The lowest BCUT2D eigenvalue weighted by Gasteiger charge is -2.20. The van der Waals surface area contributed by atoms with E-state index in [0.29, 0.717) is 22.2 Å². The second kappa shape index (κ2) is 12.1. The number of hydrogen-bond donors (Lipinski definition) is 1. The fourth-order valence-electron chi connectivity index (χ4n) is 4.42. The molecule has 4 aromatic rings. The van der Waals surface area contributed by atoms with Gasteiger partial charge in [-0.25, -0.2) is 14.2 Å². The molecule has 1 atom stereocenters. The molecule has 0 bridgehead atoms. The van der Waals surface area contributed by atoms with Gasteiger partial charge in [-0.15, -0.1) is 0 Å². The summed E-state index contributed by atoms with van der Waals surface area (Å²) in [6.07, 6.45) is 0.443. The van der Waals surface area contributed by atoms with Gasteiger partial charge in [0.2, 0.25) is 0 Å². The van der Waals surface area contributed by atoms with Gasteiger partial charge in [-0.1, -0.05) is 54.4 Å². The normalized spacial score (nSPS) is 12.0. The fraction of sp³-hybridized carbons (Fsp3) is 0.267. The molecule has 0 unspecified atom stereocenters. The molecule has 0 aliphatic carbocycles. The Kier molecular flexibility index (Phi) is 8.81. The number of hydrogen-bond acceptors (Lipinski definition) is 5. The number of amides is 1. The first kappa shape index (κ1) is 29.1. The molecule has 0 fully saturated rings. The van der Waals surface area contributed by atoms with Crippen LogP contribution in [0.3, 0.4) is 0 Å². The molecule has 0 radical (unpaired) electrons. The van der Waals surface area contributed by atoms with Gasteiger partial charge in [-0.3, -0.25) is 14.2 Å². The number of carbonyl (C=O) groups excluding carboxylic acids is 2. The minimum absolute atomic E-state index is 0.0567. The molecule has 8 nitrogen and oxygen atoms in total. The number of nitrogens with one attached hydrogen (secondary N) is 1. The van der Waals surface area contributed by atoms with Crippen LogP contribution >= 0.6 is 23.2 Å². The second-order valence-electron chi connectivity index (χ2n) is 9.67. The van der Waals surface area contributed by atoms with E-state index >= 15 is 0 Å². The van der Waals surface area contributed by atoms with Gasteiger partial charge >= 0.3 is 11.7 Å². The Morgan fingerprint density at radius 1 is 0.950 bits per heavy atom. The van der Waals surface area contributed by atoms with Gasteiger partial charge in [0.25, 0.3) is 11.5 Å². The van der Waals surface area contributed by atoms with E-state index in [1.165, 1.54) is 16.7 Å². The van der Waals surface area contributed by atoms with Crippen LogP contribution in [0.15, 0.2) is 70.3 Å². The van der Waals surface area contributed by atoms with Gasteiger partial charge in [0.05, 0.1) is 38.3 Å². The van der Waals surface area contributed by atoms with E-state index in [1.54, 1.807) is 63.4 Å². The number of esters is 1. The molecule has 0 aliphatic heterocycles. The molecule has 1 N–H and O–H groups in total. The number of nitrogens with zero attached hydrogens (tertiary/aromatic N) is 2. The molecule has 4 rings (SSSR count). The highest BCUT2D eigenvalue weighted by Crippen LogP contribution is 2.24. The summed E-state index contributed by atoms with van der Waals surface area (Å²) in [6, 6.07) is 15.8. The molecule has 208 valence electrons. The molecular weight excluding hydrogens is 553 g/mol. The van der Waals surface area contributed by atoms with Crippen molar-refractivity contribution in [3.63, 3.8) is 0 Å². The zero-order valence-corrected chi connectivity index (χ0v) is 24.0. The molecule has 0 saturated heterocycles. The van der Waals surface area contributed by atoms with Crippen LogP contribution in [-0.4, -0.2) is 33.2 Å². The smallest absolute Gasteiger partial charge is 0.335 e. The zero-order valence-electron chi connectivity index (χ0n) is 22.5.